The molecule has 0 atom stereocenters. The summed E-state index contributed by atoms with van der Waals surface area (Å²) in [6.45, 7) is 0. The minimum absolute atomic E-state index is 0.306. The molecule has 0 aromatic heterocycles. The third kappa shape index (κ3) is 3.38. The van der Waals surface area contributed by atoms with E-state index in [9.17, 15) is 4.39 Å². The minimum Gasteiger partial charge on any atom is -0.399 e. The average molecular weight is 268 g/mol. The maximum atomic E-state index is 13.1. The highest BCUT2D eigenvalue weighted by molar-refractivity contribution is 7.98. The zero-order chi connectivity index (χ0) is 12.3. The highest BCUT2D eigenvalue weighted by Crippen LogP contribution is 2.29. The fraction of sp³-hybridized carbons (Fsp3) is 0.0769. The van der Waals surface area contributed by atoms with Crippen molar-refractivity contribution < 1.29 is 4.39 Å². The first-order valence-electron chi connectivity index (χ1n) is 5.07. The van der Waals surface area contributed by atoms with E-state index in [0.717, 1.165) is 10.5 Å². The average Bonchev–Trinajstić information content (AvgIpc) is 2.27. The first-order chi connectivity index (χ1) is 8.15. The first-order valence-corrected chi connectivity index (χ1v) is 6.44. The van der Waals surface area contributed by atoms with Crippen LogP contribution in [-0.2, 0) is 5.75 Å². The van der Waals surface area contributed by atoms with Crippen LogP contribution in [-0.4, -0.2) is 0 Å². The number of nitrogen functional groups attached to an aromatic ring is 1. The minimum atomic E-state index is -0.306. The number of benzene rings is 2. The van der Waals surface area contributed by atoms with E-state index in [1.807, 2.05) is 24.3 Å². The summed E-state index contributed by atoms with van der Waals surface area (Å²) in [7, 11) is 0. The number of nitrogens with two attached hydrogens (primary N) is 1. The Balaban J connectivity index is 2.10. The predicted molar refractivity (Wildman–Crippen MR) is 71.8 cm³/mol. The summed E-state index contributed by atoms with van der Waals surface area (Å²) in [6.07, 6.45) is 0. The SMILES string of the molecule is Nc1cc(F)cc(CSc2ccccc2Cl)c1. The van der Waals surface area contributed by atoms with Crippen LogP contribution in [0.15, 0.2) is 47.4 Å². The summed E-state index contributed by atoms with van der Waals surface area (Å²) in [5.41, 5.74) is 6.88. The molecule has 0 aliphatic carbocycles. The van der Waals surface area contributed by atoms with Crippen molar-refractivity contribution in [2.45, 2.75) is 10.6 Å². The van der Waals surface area contributed by atoms with E-state index >= 15 is 0 Å². The Kier molecular flexibility index (Phi) is 3.92. The number of halogens is 2. The second-order valence-corrected chi connectivity index (χ2v) is 5.04. The zero-order valence-corrected chi connectivity index (χ0v) is 10.6. The van der Waals surface area contributed by atoms with Crippen molar-refractivity contribution in [1.29, 1.82) is 0 Å². The molecular formula is C13H11ClFNS. The van der Waals surface area contributed by atoms with Gasteiger partial charge in [-0.05, 0) is 35.9 Å². The van der Waals surface area contributed by atoms with Gasteiger partial charge in [0.2, 0.25) is 0 Å². The van der Waals surface area contributed by atoms with Crippen molar-refractivity contribution in [3.63, 3.8) is 0 Å². The Morgan fingerprint density at radius 3 is 2.65 bits per heavy atom. The van der Waals surface area contributed by atoms with Crippen LogP contribution in [0.1, 0.15) is 5.56 Å². The summed E-state index contributed by atoms with van der Waals surface area (Å²) >= 11 is 7.60. The summed E-state index contributed by atoms with van der Waals surface area (Å²) in [4.78, 5) is 0.983. The van der Waals surface area contributed by atoms with Gasteiger partial charge >= 0.3 is 0 Å². The van der Waals surface area contributed by atoms with Crippen LogP contribution < -0.4 is 5.73 Å². The van der Waals surface area contributed by atoms with Gasteiger partial charge in [-0.15, -0.1) is 11.8 Å². The topological polar surface area (TPSA) is 26.0 Å². The lowest BCUT2D eigenvalue weighted by Crippen LogP contribution is -1.90. The molecule has 2 aromatic carbocycles. The lowest BCUT2D eigenvalue weighted by atomic mass is 10.2. The van der Waals surface area contributed by atoms with Crippen molar-refractivity contribution in [2.24, 2.45) is 0 Å². The van der Waals surface area contributed by atoms with Crippen LogP contribution in [0.25, 0.3) is 0 Å². The quantitative estimate of drug-likeness (QED) is 0.661. The summed E-state index contributed by atoms with van der Waals surface area (Å²) < 4.78 is 13.1. The molecule has 4 heteroatoms. The van der Waals surface area contributed by atoms with E-state index in [2.05, 4.69) is 0 Å². The van der Waals surface area contributed by atoms with Crippen LogP contribution in [0.3, 0.4) is 0 Å². The van der Waals surface area contributed by atoms with Gasteiger partial charge < -0.3 is 5.73 Å². The second kappa shape index (κ2) is 5.43. The van der Waals surface area contributed by atoms with E-state index in [4.69, 9.17) is 17.3 Å². The highest BCUT2D eigenvalue weighted by atomic mass is 35.5. The number of hydrogen-bond acceptors (Lipinski definition) is 2. The molecule has 0 aliphatic heterocycles. The van der Waals surface area contributed by atoms with Crippen molar-refractivity contribution in [2.75, 3.05) is 5.73 Å². The monoisotopic (exact) mass is 267 g/mol. The fourth-order valence-corrected chi connectivity index (χ4v) is 2.65. The molecule has 0 unspecified atom stereocenters. The van der Waals surface area contributed by atoms with Crippen molar-refractivity contribution >= 4 is 29.1 Å². The Morgan fingerprint density at radius 2 is 1.94 bits per heavy atom. The molecule has 0 aliphatic rings. The molecule has 0 spiro atoms. The molecule has 17 heavy (non-hydrogen) atoms. The third-order valence-corrected chi connectivity index (χ3v) is 3.80. The van der Waals surface area contributed by atoms with Gasteiger partial charge in [0.05, 0.1) is 5.02 Å². The zero-order valence-electron chi connectivity index (χ0n) is 8.99. The molecule has 2 aromatic rings. The maximum Gasteiger partial charge on any atom is 0.125 e. The van der Waals surface area contributed by atoms with E-state index in [1.54, 1.807) is 17.8 Å². The molecule has 0 amide bonds. The summed E-state index contributed by atoms with van der Waals surface area (Å²) in [6, 6.07) is 12.1. The number of rotatable bonds is 3. The Hall–Kier alpha value is -1.19. The second-order valence-electron chi connectivity index (χ2n) is 3.61. The van der Waals surface area contributed by atoms with Gasteiger partial charge in [0, 0.05) is 16.3 Å². The van der Waals surface area contributed by atoms with Crippen LogP contribution in [0.5, 0.6) is 0 Å². The Bertz CT molecular complexity index is 510. The molecule has 0 saturated heterocycles. The van der Waals surface area contributed by atoms with Gasteiger partial charge in [0.15, 0.2) is 0 Å². The van der Waals surface area contributed by atoms with Crippen LogP contribution in [0.4, 0.5) is 10.1 Å². The van der Waals surface area contributed by atoms with Gasteiger partial charge in [0.25, 0.3) is 0 Å². The maximum absolute atomic E-state index is 13.1. The predicted octanol–water partition coefficient (Wildman–Crippen LogP) is 4.35. The number of thioether (sulfide) groups is 1. The summed E-state index contributed by atoms with van der Waals surface area (Å²) in [5.74, 6) is 0.339. The lowest BCUT2D eigenvalue weighted by molar-refractivity contribution is 0.627. The van der Waals surface area contributed by atoms with Gasteiger partial charge in [-0.3, -0.25) is 0 Å². The molecule has 2 N–H and O–H groups in total. The van der Waals surface area contributed by atoms with Gasteiger partial charge in [-0.25, -0.2) is 4.39 Å². The van der Waals surface area contributed by atoms with Crippen LogP contribution in [0.2, 0.25) is 5.02 Å². The number of hydrogen-bond donors (Lipinski definition) is 1. The third-order valence-electron chi connectivity index (χ3n) is 2.21. The van der Waals surface area contributed by atoms with E-state index in [-0.39, 0.29) is 5.82 Å². The molecule has 0 bridgehead atoms. The van der Waals surface area contributed by atoms with Crippen molar-refractivity contribution in [1.82, 2.24) is 0 Å². The van der Waals surface area contributed by atoms with Crippen LogP contribution in [0, 0.1) is 5.82 Å². The number of anilines is 1. The van der Waals surface area contributed by atoms with Gasteiger partial charge in [0.1, 0.15) is 5.82 Å². The molecule has 1 nitrogen and oxygen atoms in total. The van der Waals surface area contributed by atoms with Crippen LogP contribution >= 0.6 is 23.4 Å². The van der Waals surface area contributed by atoms with Crippen molar-refractivity contribution in [3.05, 3.63) is 58.9 Å². The molecule has 0 saturated carbocycles. The molecule has 0 radical (unpaired) electrons. The molecule has 0 fully saturated rings. The first kappa shape index (κ1) is 12.3. The molecule has 2 rings (SSSR count). The smallest absolute Gasteiger partial charge is 0.125 e. The van der Waals surface area contributed by atoms with E-state index in [0.29, 0.717) is 16.5 Å². The molecular weight excluding hydrogens is 257 g/mol. The van der Waals surface area contributed by atoms with E-state index in [1.165, 1.54) is 12.1 Å². The molecule has 0 heterocycles. The molecule has 88 valence electrons. The van der Waals surface area contributed by atoms with Gasteiger partial charge in [-0.1, -0.05) is 23.7 Å². The standard InChI is InChI=1S/C13H11ClFNS/c14-12-3-1-2-4-13(12)17-8-9-5-10(15)7-11(16)6-9/h1-7H,8,16H2. The Morgan fingerprint density at radius 1 is 1.18 bits per heavy atom. The fourth-order valence-electron chi connectivity index (χ4n) is 1.48. The van der Waals surface area contributed by atoms with Crippen molar-refractivity contribution in [3.8, 4) is 0 Å². The lowest BCUT2D eigenvalue weighted by Gasteiger charge is -2.05. The summed E-state index contributed by atoms with van der Waals surface area (Å²) in [5, 5.41) is 0.710. The van der Waals surface area contributed by atoms with E-state index < -0.39 is 0 Å². The highest BCUT2D eigenvalue weighted by Gasteiger charge is 2.02. The Labute approximate surface area is 109 Å². The van der Waals surface area contributed by atoms with Gasteiger partial charge in [-0.2, -0.15) is 0 Å². The largest absolute Gasteiger partial charge is 0.399 e. The normalized spacial score (nSPS) is 10.5.